The summed E-state index contributed by atoms with van der Waals surface area (Å²) >= 11 is 0. The molecule has 0 aliphatic heterocycles. The number of aryl methyl sites for hydroxylation is 1. The lowest BCUT2D eigenvalue weighted by Crippen LogP contribution is -2.40. The van der Waals surface area contributed by atoms with Crippen LogP contribution in [0, 0.1) is 6.92 Å². The highest BCUT2D eigenvalue weighted by Crippen LogP contribution is 2.19. The molecule has 0 aromatic heterocycles. The normalized spacial score (nSPS) is 10.5. The second kappa shape index (κ2) is 10.4. The zero-order valence-corrected chi connectivity index (χ0v) is 17.8. The molecule has 0 spiro atoms. The monoisotopic (exact) mass is 418 g/mol. The number of benzene rings is 3. The minimum atomic E-state index is -0.564. The van der Waals surface area contributed by atoms with Crippen molar-refractivity contribution in [3.8, 4) is 0 Å². The lowest BCUT2D eigenvalue weighted by Gasteiger charge is -2.21. The maximum atomic E-state index is 12.7. The molecule has 0 heterocycles. The Morgan fingerprint density at radius 2 is 1.65 bits per heavy atom. The first-order chi connectivity index (χ1) is 15.0. The first-order valence-corrected chi connectivity index (χ1v) is 10.3. The summed E-state index contributed by atoms with van der Waals surface area (Å²) in [6, 6.07) is 20.3. The van der Waals surface area contributed by atoms with Gasteiger partial charge in [0.2, 0.25) is 5.91 Å². The van der Waals surface area contributed by atoms with Crippen molar-refractivity contribution in [1.82, 2.24) is 4.90 Å². The van der Waals surface area contributed by atoms with Gasteiger partial charge in [0.05, 0.1) is 12.1 Å². The van der Waals surface area contributed by atoms with Crippen LogP contribution in [0.4, 0.5) is 5.69 Å². The number of hydrogen-bond acceptors (Lipinski definition) is 4. The average Bonchev–Trinajstić information content (AvgIpc) is 2.78. The first kappa shape index (κ1) is 22.0. The van der Waals surface area contributed by atoms with Crippen molar-refractivity contribution >= 4 is 34.2 Å². The molecule has 0 bridgehead atoms. The molecule has 3 aromatic rings. The zero-order chi connectivity index (χ0) is 22.2. The van der Waals surface area contributed by atoms with Gasteiger partial charge in [0.25, 0.3) is 5.91 Å². The maximum Gasteiger partial charge on any atom is 0.339 e. The highest BCUT2D eigenvalue weighted by Gasteiger charge is 2.20. The van der Waals surface area contributed by atoms with E-state index in [0.717, 1.165) is 16.3 Å². The van der Waals surface area contributed by atoms with Gasteiger partial charge >= 0.3 is 5.97 Å². The largest absolute Gasteiger partial charge is 0.452 e. The van der Waals surface area contributed by atoms with Crippen LogP contribution in [0.25, 0.3) is 10.8 Å². The van der Waals surface area contributed by atoms with Gasteiger partial charge in [0.15, 0.2) is 6.61 Å². The van der Waals surface area contributed by atoms with Crippen LogP contribution in [-0.2, 0) is 14.3 Å². The number of anilines is 1. The van der Waals surface area contributed by atoms with Crippen LogP contribution in [0.5, 0.6) is 0 Å². The van der Waals surface area contributed by atoms with E-state index in [4.69, 9.17) is 4.74 Å². The molecule has 0 unspecified atom stereocenters. The summed E-state index contributed by atoms with van der Waals surface area (Å²) < 4.78 is 5.28. The number of amides is 2. The Labute approximate surface area is 181 Å². The van der Waals surface area contributed by atoms with Gasteiger partial charge in [0.1, 0.15) is 0 Å². The van der Waals surface area contributed by atoms with E-state index in [1.807, 2.05) is 68.4 Å². The summed E-state index contributed by atoms with van der Waals surface area (Å²) in [5.74, 6) is -1.27. The molecule has 31 heavy (non-hydrogen) atoms. The minimum Gasteiger partial charge on any atom is -0.452 e. The van der Waals surface area contributed by atoms with Crippen LogP contribution < -0.4 is 5.32 Å². The van der Waals surface area contributed by atoms with E-state index in [2.05, 4.69) is 5.32 Å². The van der Waals surface area contributed by atoms with Crippen LogP contribution in [0.3, 0.4) is 0 Å². The predicted molar refractivity (Wildman–Crippen MR) is 121 cm³/mol. The number of hydrogen-bond donors (Lipinski definition) is 1. The Morgan fingerprint density at radius 1 is 0.935 bits per heavy atom. The van der Waals surface area contributed by atoms with Crippen LogP contribution >= 0.6 is 0 Å². The lowest BCUT2D eigenvalue weighted by atomic mass is 10.1. The van der Waals surface area contributed by atoms with Gasteiger partial charge in [-0.05, 0) is 41.8 Å². The molecular weight excluding hydrogens is 392 g/mol. The van der Waals surface area contributed by atoms with Crippen molar-refractivity contribution in [3.63, 3.8) is 0 Å². The number of nitrogens with zero attached hydrogens (tertiary/aromatic N) is 1. The van der Waals surface area contributed by atoms with E-state index >= 15 is 0 Å². The number of esters is 1. The molecule has 6 heteroatoms. The van der Waals surface area contributed by atoms with Crippen LogP contribution in [0.15, 0.2) is 66.7 Å². The zero-order valence-electron chi connectivity index (χ0n) is 17.8. The Balaban J connectivity index is 1.61. The van der Waals surface area contributed by atoms with Crippen molar-refractivity contribution in [1.29, 1.82) is 0 Å². The second-order valence-electron chi connectivity index (χ2n) is 7.28. The molecule has 6 nitrogen and oxygen atoms in total. The fourth-order valence-corrected chi connectivity index (χ4v) is 3.34. The van der Waals surface area contributed by atoms with Gasteiger partial charge < -0.3 is 15.0 Å². The number of ether oxygens (including phenoxy) is 1. The number of fused-ring (bicyclic) bond motifs is 1. The van der Waals surface area contributed by atoms with Crippen LogP contribution in [0.2, 0.25) is 0 Å². The molecule has 0 aliphatic carbocycles. The molecule has 160 valence electrons. The second-order valence-corrected chi connectivity index (χ2v) is 7.28. The molecule has 0 aliphatic rings. The van der Waals surface area contributed by atoms with E-state index in [1.54, 1.807) is 12.1 Å². The number of para-hydroxylation sites is 1. The third-order valence-electron chi connectivity index (χ3n) is 4.94. The number of carbonyl (C=O) groups excluding carboxylic acids is 3. The summed E-state index contributed by atoms with van der Waals surface area (Å²) in [4.78, 5) is 39.1. The lowest BCUT2D eigenvalue weighted by molar-refractivity contribution is -0.137. The Morgan fingerprint density at radius 3 is 2.42 bits per heavy atom. The Kier molecular flexibility index (Phi) is 7.38. The highest BCUT2D eigenvalue weighted by molar-refractivity contribution is 6.05. The topological polar surface area (TPSA) is 75.7 Å². The summed E-state index contributed by atoms with van der Waals surface area (Å²) in [5, 5.41) is 4.51. The van der Waals surface area contributed by atoms with Gasteiger partial charge in [-0.2, -0.15) is 0 Å². The molecule has 2 amide bonds. The standard InChI is InChI=1S/C25H26N2O4/c1-3-15-27(16-23(28)26-22-14-7-4-9-18(22)2)24(29)17-31-25(30)21-13-8-11-19-10-5-6-12-20(19)21/h4-14H,3,15-17H2,1-2H3,(H,26,28). The fraction of sp³-hybridized carbons (Fsp3) is 0.240. The molecule has 3 rings (SSSR count). The molecule has 0 saturated heterocycles. The van der Waals surface area contributed by atoms with E-state index in [9.17, 15) is 14.4 Å². The third kappa shape index (κ3) is 5.69. The molecule has 1 N–H and O–H groups in total. The number of rotatable bonds is 8. The number of carbonyl (C=O) groups is 3. The Bertz CT molecular complexity index is 1090. The Hall–Kier alpha value is -3.67. The molecule has 0 saturated carbocycles. The van der Waals surface area contributed by atoms with Gasteiger partial charge in [-0.25, -0.2) is 4.79 Å². The summed E-state index contributed by atoms with van der Waals surface area (Å²) in [6.45, 7) is 3.69. The highest BCUT2D eigenvalue weighted by atomic mass is 16.5. The van der Waals surface area contributed by atoms with E-state index in [0.29, 0.717) is 24.2 Å². The predicted octanol–water partition coefficient (Wildman–Crippen LogP) is 4.18. The van der Waals surface area contributed by atoms with Crippen molar-refractivity contribution in [2.75, 3.05) is 25.0 Å². The van der Waals surface area contributed by atoms with Crippen molar-refractivity contribution in [3.05, 3.63) is 77.9 Å². The van der Waals surface area contributed by atoms with Crippen molar-refractivity contribution in [2.24, 2.45) is 0 Å². The van der Waals surface area contributed by atoms with Crippen molar-refractivity contribution in [2.45, 2.75) is 20.3 Å². The summed E-state index contributed by atoms with van der Waals surface area (Å²) in [7, 11) is 0. The van der Waals surface area contributed by atoms with Crippen LogP contribution in [-0.4, -0.2) is 42.4 Å². The minimum absolute atomic E-state index is 0.104. The van der Waals surface area contributed by atoms with E-state index in [-0.39, 0.29) is 12.5 Å². The molecular formula is C25H26N2O4. The third-order valence-corrected chi connectivity index (χ3v) is 4.94. The molecule has 0 fully saturated rings. The quantitative estimate of drug-likeness (QED) is 0.557. The van der Waals surface area contributed by atoms with Gasteiger partial charge in [-0.1, -0.05) is 61.5 Å². The van der Waals surface area contributed by atoms with Gasteiger partial charge in [-0.15, -0.1) is 0 Å². The SMILES string of the molecule is CCCN(CC(=O)Nc1ccccc1C)C(=O)COC(=O)c1cccc2ccccc12. The van der Waals surface area contributed by atoms with Crippen LogP contribution in [0.1, 0.15) is 29.3 Å². The molecule has 0 radical (unpaired) electrons. The average molecular weight is 418 g/mol. The molecule has 3 aromatic carbocycles. The van der Waals surface area contributed by atoms with E-state index in [1.165, 1.54) is 4.90 Å². The van der Waals surface area contributed by atoms with Gasteiger partial charge in [0, 0.05) is 12.2 Å². The summed E-state index contributed by atoms with van der Waals surface area (Å²) in [5.41, 5.74) is 2.05. The fourth-order valence-electron chi connectivity index (χ4n) is 3.34. The number of nitrogens with one attached hydrogen (secondary N) is 1. The summed E-state index contributed by atoms with van der Waals surface area (Å²) in [6.07, 6.45) is 0.681. The maximum absolute atomic E-state index is 12.7. The van der Waals surface area contributed by atoms with Gasteiger partial charge in [-0.3, -0.25) is 9.59 Å². The smallest absolute Gasteiger partial charge is 0.339 e. The first-order valence-electron chi connectivity index (χ1n) is 10.3. The molecule has 0 atom stereocenters. The van der Waals surface area contributed by atoms with E-state index < -0.39 is 18.5 Å². The van der Waals surface area contributed by atoms with Crippen molar-refractivity contribution < 1.29 is 19.1 Å².